The summed E-state index contributed by atoms with van der Waals surface area (Å²) >= 11 is 0. The highest BCUT2D eigenvalue weighted by Gasteiger charge is 2.66. The van der Waals surface area contributed by atoms with Gasteiger partial charge in [-0.1, -0.05) is 30.3 Å². The first-order valence-electron chi connectivity index (χ1n) is 7.08. The summed E-state index contributed by atoms with van der Waals surface area (Å²) in [5.74, 6) is -1.37. The lowest BCUT2D eigenvalue weighted by molar-refractivity contribution is -0.273. The molecule has 0 saturated carbocycles. The Morgan fingerprint density at radius 3 is 2.00 bits per heavy atom. The molecule has 5 heteroatoms. The third-order valence-corrected chi connectivity index (χ3v) is 3.58. The van der Waals surface area contributed by atoms with Crippen LogP contribution in [0.2, 0.25) is 0 Å². The van der Waals surface area contributed by atoms with E-state index in [0.717, 1.165) is 5.56 Å². The van der Waals surface area contributed by atoms with E-state index in [1.54, 1.807) is 13.8 Å². The van der Waals surface area contributed by atoms with Gasteiger partial charge in [0.1, 0.15) is 0 Å². The molecule has 0 aliphatic carbocycles. The maximum absolute atomic E-state index is 12.1. The Bertz CT molecular complexity index is 497. The van der Waals surface area contributed by atoms with Crippen LogP contribution >= 0.6 is 0 Å². The van der Waals surface area contributed by atoms with Gasteiger partial charge in [-0.3, -0.25) is 0 Å². The molecular formula is C16H20O5. The van der Waals surface area contributed by atoms with Crippen LogP contribution in [0.15, 0.2) is 30.3 Å². The van der Waals surface area contributed by atoms with Gasteiger partial charge in [-0.15, -0.1) is 0 Å². The highest BCUT2D eigenvalue weighted by Crippen LogP contribution is 2.49. The third kappa shape index (κ3) is 2.65. The van der Waals surface area contributed by atoms with E-state index >= 15 is 0 Å². The van der Waals surface area contributed by atoms with Crippen LogP contribution < -0.4 is 0 Å². The second kappa shape index (κ2) is 5.85. The zero-order valence-corrected chi connectivity index (χ0v) is 12.5. The number of hydrogen-bond acceptors (Lipinski definition) is 5. The van der Waals surface area contributed by atoms with Crippen molar-refractivity contribution >= 4 is 11.9 Å². The van der Waals surface area contributed by atoms with Crippen LogP contribution in [-0.2, 0) is 29.4 Å². The molecule has 1 aromatic rings. The second-order valence-corrected chi connectivity index (χ2v) is 5.14. The van der Waals surface area contributed by atoms with E-state index in [1.807, 2.05) is 37.3 Å². The smallest absolute Gasteiger partial charge is 0.350 e. The fraction of sp³-hybridized carbons (Fsp3) is 0.500. The molecule has 0 unspecified atom stereocenters. The first kappa shape index (κ1) is 15.5. The minimum Gasteiger partial charge on any atom is -0.463 e. The van der Waals surface area contributed by atoms with Gasteiger partial charge in [0, 0.05) is 6.42 Å². The first-order chi connectivity index (χ1) is 9.98. The van der Waals surface area contributed by atoms with Gasteiger partial charge in [0.05, 0.1) is 18.8 Å². The van der Waals surface area contributed by atoms with Gasteiger partial charge in [0.15, 0.2) is 0 Å². The molecule has 0 N–H and O–H groups in total. The molecule has 5 nitrogen and oxygen atoms in total. The summed E-state index contributed by atoms with van der Waals surface area (Å²) in [6.45, 7) is 5.59. The van der Waals surface area contributed by atoms with Crippen LogP contribution in [0.1, 0.15) is 32.8 Å². The molecule has 0 radical (unpaired) electrons. The number of hydrogen-bond donors (Lipinski definition) is 0. The maximum atomic E-state index is 12.1. The van der Waals surface area contributed by atoms with E-state index in [1.165, 1.54) is 0 Å². The first-order valence-corrected chi connectivity index (χ1v) is 7.08. The number of rotatable bonds is 5. The van der Waals surface area contributed by atoms with Crippen molar-refractivity contribution in [3.05, 3.63) is 35.9 Å². The summed E-state index contributed by atoms with van der Waals surface area (Å²) in [6.07, 6.45) is 0.210. The van der Waals surface area contributed by atoms with Crippen LogP contribution in [-0.4, -0.2) is 30.8 Å². The van der Waals surface area contributed by atoms with Crippen molar-refractivity contribution in [2.45, 2.75) is 38.4 Å². The van der Waals surface area contributed by atoms with Gasteiger partial charge >= 0.3 is 11.9 Å². The minimum atomic E-state index is -1.64. The van der Waals surface area contributed by atoms with Crippen molar-refractivity contribution in [1.82, 2.24) is 0 Å². The van der Waals surface area contributed by atoms with Crippen LogP contribution in [0.4, 0.5) is 0 Å². The zero-order valence-electron chi connectivity index (χ0n) is 12.5. The zero-order chi connectivity index (χ0) is 15.5. The van der Waals surface area contributed by atoms with Crippen molar-refractivity contribution in [3.63, 3.8) is 0 Å². The highest BCUT2D eigenvalue weighted by molar-refractivity contribution is 6.05. The highest BCUT2D eigenvalue weighted by atomic mass is 16.6. The molecule has 2 rings (SSSR count). The second-order valence-electron chi connectivity index (χ2n) is 5.14. The van der Waals surface area contributed by atoms with Crippen LogP contribution in [0.3, 0.4) is 0 Å². The van der Waals surface area contributed by atoms with Gasteiger partial charge in [0.25, 0.3) is 5.60 Å². The van der Waals surface area contributed by atoms with Gasteiger partial charge in [-0.2, -0.15) is 0 Å². The Morgan fingerprint density at radius 2 is 1.57 bits per heavy atom. The fourth-order valence-electron chi connectivity index (χ4n) is 2.61. The topological polar surface area (TPSA) is 61.8 Å². The Kier molecular flexibility index (Phi) is 4.32. The predicted octanol–water partition coefficient (Wildman–Crippen LogP) is 2.19. The van der Waals surface area contributed by atoms with Crippen LogP contribution in [0.25, 0.3) is 0 Å². The van der Waals surface area contributed by atoms with Gasteiger partial charge < -0.3 is 14.2 Å². The summed E-state index contributed by atoms with van der Waals surface area (Å²) in [4.78, 5) is 24.3. The molecule has 21 heavy (non-hydrogen) atoms. The summed E-state index contributed by atoms with van der Waals surface area (Å²) in [5, 5.41) is 0. The molecule has 1 fully saturated rings. The Labute approximate surface area is 124 Å². The largest absolute Gasteiger partial charge is 0.463 e. The maximum Gasteiger partial charge on any atom is 0.350 e. The molecule has 1 saturated heterocycles. The number of carbonyl (C=O) groups excluding carboxylic acids is 2. The summed E-state index contributed by atoms with van der Waals surface area (Å²) in [5.41, 5.74) is -1.42. The van der Waals surface area contributed by atoms with Crippen molar-refractivity contribution in [3.8, 4) is 0 Å². The van der Waals surface area contributed by atoms with E-state index in [0.29, 0.717) is 0 Å². The van der Waals surface area contributed by atoms with Gasteiger partial charge in [-0.25, -0.2) is 9.59 Å². The molecule has 1 aliphatic rings. The molecule has 0 aromatic heterocycles. The van der Waals surface area contributed by atoms with Crippen molar-refractivity contribution < 1.29 is 23.8 Å². The van der Waals surface area contributed by atoms with E-state index in [4.69, 9.17) is 14.2 Å². The molecule has 1 heterocycles. The van der Waals surface area contributed by atoms with E-state index in [9.17, 15) is 9.59 Å². The molecule has 114 valence electrons. The molecule has 0 amide bonds. The Hall–Kier alpha value is -1.88. The van der Waals surface area contributed by atoms with Crippen molar-refractivity contribution in [2.24, 2.45) is 0 Å². The van der Waals surface area contributed by atoms with Crippen molar-refractivity contribution in [1.29, 1.82) is 0 Å². The normalized spacial score (nSPS) is 23.0. The third-order valence-electron chi connectivity index (χ3n) is 3.58. The summed E-state index contributed by atoms with van der Waals surface area (Å²) < 4.78 is 15.7. The molecule has 0 bridgehead atoms. The fourth-order valence-corrected chi connectivity index (χ4v) is 2.61. The molecular weight excluding hydrogens is 272 g/mol. The van der Waals surface area contributed by atoms with E-state index < -0.39 is 23.1 Å². The molecule has 1 atom stereocenters. The lowest BCUT2D eigenvalue weighted by Gasteiger charge is -2.50. The SMILES string of the molecule is CCOC(=O)C1(C(=O)OCC)C[C@](C)(c2ccccc2)O1. The standard InChI is InChI=1S/C16H20O5/c1-4-19-13(17)16(14(18)20-5-2)11-15(3,21-16)12-9-7-6-8-10-12/h6-10H,4-5,11H2,1-3H3/t15-/m1/s1. The number of benzene rings is 1. The number of carbonyl (C=O) groups is 2. The van der Waals surface area contributed by atoms with Gasteiger partial charge in [-0.05, 0) is 26.3 Å². The monoisotopic (exact) mass is 292 g/mol. The Balaban J connectivity index is 2.23. The summed E-state index contributed by atoms with van der Waals surface area (Å²) in [7, 11) is 0. The van der Waals surface area contributed by atoms with E-state index in [2.05, 4.69) is 0 Å². The number of esters is 2. The van der Waals surface area contributed by atoms with Crippen LogP contribution in [0, 0.1) is 0 Å². The van der Waals surface area contributed by atoms with Crippen molar-refractivity contribution in [2.75, 3.05) is 13.2 Å². The summed E-state index contributed by atoms with van der Waals surface area (Å²) in [6, 6.07) is 9.48. The average molecular weight is 292 g/mol. The quantitative estimate of drug-likeness (QED) is 0.615. The minimum absolute atomic E-state index is 0.186. The molecule has 0 spiro atoms. The lowest BCUT2D eigenvalue weighted by atomic mass is 9.76. The molecule has 1 aromatic carbocycles. The van der Waals surface area contributed by atoms with Gasteiger partial charge in [0.2, 0.25) is 0 Å². The predicted molar refractivity (Wildman–Crippen MR) is 75.5 cm³/mol. The lowest BCUT2D eigenvalue weighted by Crippen LogP contribution is -2.66. The van der Waals surface area contributed by atoms with E-state index in [-0.39, 0.29) is 19.6 Å². The van der Waals surface area contributed by atoms with Crippen LogP contribution in [0.5, 0.6) is 0 Å². The molecule has 1 aliphatic heterocycles. The average Bonchev–Trinajstić information content (AvgIpc) is 2.45. The number of ether oxygens (including phenoxy) is 3. The Morgan fingerprint density at radius 1 is 1.10 bits per heavy atom.